The van der Waals surface area contributed by atoms with Crippen molar-refractivity contribution < 1.29 is 28.5 Å². The summed E-state index contributed by atoms with van der Waals surface area (Å²) in [6.07, 6.45) is 3.44. The summed E-state index contributed by atoms with van der Waals surface area (Å²) < 4.78 is 24.1. The summed E-state index contributed by atoms with van der Waals surface area (Å²) >= 11 is 0. The largest absolute Gasteiger partial charge is 0.511 e. The Labute approximate surface area is 266 Å². The fraction of sp³-hybridized carbons (Fsp3) is 0.353. The Kier molecular flexibility index (Phi) is 9.51. The molecule has 0 aliphatic heterocycles. The van der Waals surface area contributed by atoms with Gasteiger partial charge in [0.2, 0.25) is 12.1 Å². The van der Waals surface area contributed by atoms with Crippen LogP contribution in [-0.2, 0) is 20.8 Å². The Morgan fingerprint density at radius 2 is 1.74 bits per heavy atom. The van der Waals surface area contributed by atoms with Gasteiger partial charge in [-0.2, -0.15) is 10.2 Å². The number of hydrogen-bond acceptors (Lipinski definition) is 10. The molecule has 1 fully saturated rings. The van der Waals surface area contributed by atoms with Gasteiger partial charge in [0.05, 0.1) is 29.7 Å². The Hall–Kier alpha value is -5.26. The molecular weight excluding hydrogens is 588 g/mol. The molecule has 12 heteroatoms. The zero-order valence-corrected chi connectivity index (χ0v) is 25.8. The topological polar surface area (TPSA) is 143 Å². The van der Waals surface area contributed by atoms with Crippen molar-refractivity contribution in [3.63, 3.8) is 0 Å². The van der Waals surface area contributed by atoms with Gasteiger partial charge in [-0.1, -0.05) is 67.9 Å². The lowest BCUT2D eigenvalue weighted by Crippen LogP contribution is -2.26. The van der Waals surface area contributed by atoms with E-state index in [1.165, 1.54) is 6.92 Å². The molecule has 12 nitrogen and oxygen atoms in total. The number of esters is 1. The van der Waals surface area contributed by atoms with Gasteiger partial charge >= 0.3 is 12.1 Å². The molecule has 2 aromatic heterocycles. The molecule has 1 aliphatic carbocycles. The van der Waals surface area contributed by atoms with Gasteiger partial charge in [0.25, 0.3) is 6.01 Å². The second-order valence-corrected chi connectivity index (χ2v) is 11.2. The van der Waals surface area contributed by atoms with Crippen LogP contribution in [0.1, 0.15) is 68.3 Å². The number of carbonyl (C=O) groups excluding carboxylic acids is 2. The molecule has 1 unspecified atom stereocenters. The van der Waals surface area contributed by atoms with Gasteiger partial charge in [-0.25, -0.2) is 9.59 Å². The summed E-state index contributed by atoms with van der Waals surface area (Å²) in [5, 5.41) is 14.5. The highest BCUT2D eigenvalue weighted by Gasteiger charge is 2.25. The number of fused-ring (bicyclic) bond motifs is 1. The predicted molar refractivity (Wildman–Crippen MR) is 169 cm³/mol. The van der Waals surface area contributed by atoms with Crippen LogP contribution in [0.2, 0.25) is 0 Å². The van der Waals surface area contributed by atoms with E-state index in [0.29, 0.717) is 36.0 Å². The molecule has 6 rings (SSSR count). The maximum Gasteiger partial charge on any atom is 0.511 e. The summed E-state index contributed by atoms with van der Waals surface area (Å²) in [7, 11) is 0. The quantitative estimate of drug-likeness (QED) is 0.124. The summed E-state index contributed by atoms with van der Waals surface area (Å²) in [6.45, 7) is 4.35. The minimum absolute atomic E-state index is 0.164. The van der Waals surface area contributed by atoms with E-state index in [-0.39, 0.29) is 11.7 Å². The van der Waals surface area contributed by atoms with E-state index in [1.807, 2.05) is 66.1 Å². The van der Waals surface area contributed by atoms with Crippen LogP contribution < -0.4 is 4.74 Å². The standard InChI is InChI=1S/C34H36N6O6/c1-3-20-43-33-35-29-15-9-14-28(32(41)44-22(2)45-34(42)46-25-10-5-4-6-11-25)30(29)40(33)21-23-16-18-24(19-17-23)26-12-7-8-13-27(26)31-36-38-39-37-31/h7-9,12-19,22,25H,3-6,10-11,20-21H2,1-2H3,(H,36,37,38,39). The second kappa shape index (κ2) is 14.2. The van der Waals surface area contributed by atoms with Gasteiger partial charge in [0.1, 0.15) is 6.10 Å². The minimum atomic E-state index is -1.14. The molecule has 2 heterocycles. The maximum atomic E-state index is 13.4. The molecule has 0 spiro atoms. The first-order chi connectivity index (χ1) is 22.5. The number of hydrogen-bond donors (Lipinski definition) is 1. The zero-order valence-electron chi connectivity index (χ0n) is 25.8. The molecule has 0 bridgehead atoms. The molecule has 5 aromatic rings. The van der Waals surface area contributed by atoms with Crippen molar-refractivity contribution in [1.29, 1.82) is 0 Å². The van der Waals surface area contributed by atoms with Crippen LogP contribution in [0.5, 0.6) is 6.01 Å². The molecule has 0 radical (unpaired) electrons. The third kappa shape index (κ3) is 7.01. The lowest BCUT2D eigenvalue weighted by Gasteiger charge is -2.22. The van der Waals surface area contributed by atoms with Crippen LogP contribution in [0.25, 0.3) is 33.5 Å². The van der Waals surface area contributed by atoms with Gasteiger partial charge < -0.3 is 18.9 Å². The summed E-state index contributed by atoms with van der Waals surface area (Å²) in [4.78, 5) is 30.5. The average molecular weight is 625 g/mol. The Morgan fingerprint density at radius 1 is 0.957 bits per heavy atom. The van der Waals surface area contributed by atoms with E-state index in [9.17, 15) is 9.59 Å². The number of nitrogens with one attached hydrogen (secondary N) is 1. The number of benzene rings is 3. The Morgan fingerprint density at radius 3 is 2.48 bits per heavy atom. The number of tetrazole rings is 1. The third-order valence-corrected chi connectivity index (χ3v) is 7.86. The van der Waals surface area contributed by atoms with Gasteiger partial charge in [-0.05, 0) is 66.1 Å². The smallest absolute Gasteiger partial charge is 0.465 e. The van der Waals surface area contributed by atoms with Gasteiger partial charge in [-0.3, -0.25) is 4.57 Å². The van der Waals surface area contributed by atoms with Crippen LogP contribution >= 0.6 is 0 Å². The molecule has 238 valence electrons. The number of imidazole rings is 1. The lowest BCUT2D eigenvalue weighted by molar-refractivity contribution is -0.0914. The van der Waals surface area contributed by atoms with Crippen LogP contribution in [-0.4, -0.2) is 61.3 Å². The third-order valence-electron chi connectivity index (χ3n) is 7.86. The second-order valence-electron chi connectivity index (χ2n) is 11.2. The molecule has 1 N–H and O–H groups in total. The molecule has 1 aliphatic rings. The van der Waals surface area contributed by atoms with E-state index < -0.39 is 18.4 Å². The minimum Gasteiger partial charge on any atom is -0.465 e. The molecule has 1 saturated carbocycles. The highest BCUT2D eigenvalue weighted by molar-refractivity contribution is 6.02. The summed E-state index contributed by atoms with van der Waals surface area (Å²) in [5.41, 5.74) is 5.20. The first-order valence-electron chi connectivity index (χ1n) is 15.6. The van der Waals surface area contributed by atoms with E-state index >= 15 is 0 Å². The number of carbonyl (C=O) groups is 2. The molecule has 0 amide bonds. The molecule has 1 atom stereocenters. The number of rotatable bonds is 11. The number of aromatic amines is 1. The van der Waals surface area contributed by atoms with Crippen molar-refractivity contribution in [2.75, 3.05) is 6.61 Å². The van der Waals surface area contributed by atoms with Crippen molar-refractivity contribution in [3.8, 4) is 28.5 Å². The number of H-pyrrole nitrogens is 1. The van der Waals surface area contributed by atoms with Gasteiger partial charge in [-0.15, -0.1) is 10.2 Å². The van der Waals surface area contributed by atoms with Crippen LogP contribution in [0.4, 0.5) is 4.79 Å². The van der Waals surface area contributed by atoms with Gasteiger partial charge in [0.15, 0.2) is 0 Å². The molecule has 0 saturated heterocycles. The van der Waals surface area contributed by atoms with E-state index in [2.05, 4.69) is 20.6 Å². The highest BCUT2D eigenvalue weighted by atomic mass is 16.8. The number of aromatic nitrogens is 6. The van der Waals surface area contributed by atoms with E-state index in [0.717, 1.165) is 60.8 Å². The van der Waals surface area contributed by atoms with Crippen molar-refractivity contribution >= 4 is 23.2 Å². The predicted octanol–water partition coefficient (Wildman–Crippen LogP) is 6.71. The SMILES string of the molecule is CCCOc1nc2cccc(C(=O)OC(C)OC(=O)OC3CCCCC3)c2n1Cc1ccc(-c2ccccc2-c2nn[nH]n2)cc1. The highest BCUT2D eigenvalue weighted by Crippen LogP contribution is 2.31. The number of ether oxygens (including phenoxy) is 4. The van der Waals surface area contributed by atoms with E-state index in [1.54, 1.807) is 12.1 Å². The molecular formula is C34H36N6O6. The van der Waals surface area contributed by atoms with Crippen LogP contribution in [0.15, 0.2) is 66.7 Å². The summed E-state index contributed by atoms with van der Waals surface area (Å²) in [6, 6.07) is 21.6. The van der Waals surface area contributed by atoms with Crippen molar-refractivity contribution in [2.24, 2.45) is 0 Å². The van der Waals surface area contributed by atoms with Crippen molar-refractivity contribution in [3.05, 3.63) is 77.9 Å². The molecule has 46 heavy (non-hydrogen) atoms. The fourth-order valence-electron chi connectivity index (χ4n) is 5.68. The van der Waals surface area contributed by atoms with E-state index in [4.69, 9.17) is 23.9 Å². The monoisotopic (exact) mass is 624 g/mol. The Bertz CT molecular complexity index is 1780. The first kappa shape index (κ1) is 30.8. The van der Waals surface area contributed by atoms with Crippen LogP contribution in [0, 0.1) is 0 Å². The normalized spacial score (nSPS) is 14.1. The maximum absolute atomic E-state index is 13.4. The lowest BCUT2D eigenvalue weighted by atomic mass is 9.98. The Balaban J connectivity index is 1.23. The van der Waals surface area contributed by atoms with Gasteiger partial charge in [0, 0.05) is 12.5 Å². The average Bonchev–Trinajstić information content (AvgIpc) is 3.73. The van der Waals surface area contributed by atoms with Crippen molar-refractivity contribution in [2.45, 2.75) is 71.3 Å². The summed E-state index contributed by atoms with van der Waals surface area (Å²) in [5.74, 6) is -0.136. The number of nitrogens with zero attached hydrogens (tertiary/aromatic N) is 5. The van der Waals surface area contributed by atoms with Crippen molar-refractivity contribution in [1.82, 2.24) is 30.2 Å². The zero-order chi connectivity index (χ0) is 31.9. The fourth-order valence-corrected chi connectivity index (χ4v) is 5.68. The van der Waals surface area contributed by atoms with Crippen LogP contribution in [0.3, 0.4) is 0 Å². The first-order valence-corrected chi connectivity index (χ1v) is 15.6. The number of para-hydroxylation sites is 1. The molecule has 3 aromatic carbocycles.